The summed E-state index contributed by atoms with van der Waals surface area (Å²) in [5.41, 5.74) is -0.386. The summed E-state index contributed by atoms with van der Waals surface area (Å²) in [6, 6.07) is 16.9. The van der Waals surface area contributed by atoms with Crippen LogP contribution in [-0.2, 0) is 14.3 Å². The fourth-order valence-electron chi connectivity index (χ4n) is 3.23. The normalized spacial score (nSPS) is 11.3. The Morgan fingerprint density at radius 1 is 0.900 bits per heavy atom. The lowest BCUT2D eigenvalue weighted by molar-refractivity contribution is -0.139. The molecule has 3 aromatic carbocycles. The van der Waals surface area contributed by atoms with Crippen LogP contribution in [0.5, 0.6) is 0 Å². The minimum atomic E-state index is -1.17. The maximum atomic E-state index is 12.9. The van der Waals surface area contributed by atoms with Gasteiger partial charge in [-0.2, -0.15) is 0 Å². The summed E-state index contributed by atoms with van der Waals surface area (Å²) in [7, 11) is 0. The van der Waals surface area contributed by atoms with E-state index < -0.39 is 36.9 Å². The Hall–Kier alpha value is -3.61. The molecule has 3 rings (SSSR count). The number of nitrogens with zero attached hydrogens (tertiary/aromatic N) is 1. The standard InChI is InChI=1S/C23H23NO6/c1-23(2,3)24(13-19(25)26)22(28)30-14-29-21(27)20-17-10-6-4-8-15(17)12-16-9-5-7-11-18(16)20/h4-12H,13-14H2,1-3H3,(H,25,26). The SMILES string of the molecule is CC(C)(C)N(CC(=O)O)C(=O)OCOC(=O)c1c2ccccc2cc2ccccc12. The average Bonchev–Trinajstić information content (AvgIpc) is 2.69. The Morgan fingerprint density at radius 2 is 1.43 bits per heavy atom. The van der Waals surface area contributed by atoms with Gasteiger partial charge in [0, 0.05) is 5.54 Å². The van der Waals surface area contributed by atoms with Crippen molar-refractivity contribution in [2.75, 3.05) is 13.3 Å². The summed E-state index contributed by atoms with van der Waals surface area (Å²) in [4.78, 5) is 37.3. The molecular weight excluding hydrogens is 386 g/mol. The van der Waals surface area contributed by atoms with Crippen LogP contribution in [0.1, 0.15) is 31.1 Å². The van der Waals surface area contributed by atoms with E-state index in [1.165, 1.54) is 0 Å². The maximum absolute atomic E-state index is 12.9. The molecule has 0 bridgehead atoms. The highest BCUT2D eigenvalue weighted by atomic mass is 16.7. The van der Waals surface area contributed by atoms with Crippen molar-refractivity contribution >= 4 is 39.6 Å². The highest BCUT2D eigenvalue weighted by Gasteiger charge is 2.30. The second-order valence-electron chi connectivity index (χ2n) is 7.80. The largest absolute Gasteiger partial charge is 0.480 e. The van der Waals surface area contributed by atoms with Gasteiger partial charge in [0.05, 0.1) is 5.56 Å². The van der Waals surface area contributed by atoms with Crippen molar-refractivity contribution in [1.82, 2.24) is 4.90 Å². The zero-order valence-electron chi connectivity index (χ0n) is 17.0. The number of carbonyl (C=O) groups is 3. The van der Waals surface area contributed by atoms with Gasteiger partial charge in [-0.3, -0.25) is 9.69 Å². The van der Waals surface area contributed by atoms with Crippen molar-refractivity contribution in [1.29, 1.82) is 0 Å². The highest BCUT2D eigenvalue weighted by molar-refractivity contribution is 6.16. The molecule has 30 heavy (non-hydrogen) atoms. The van der Waals surface area contributed by atoms with E-state index in [0.29, 0.717) is 5.56 Å². The van der Waals surface area contributed by atoms with E-state index in [0.717, 1.165) is 26.4 Å². The van der Waals surface area contributed by atoms with Gasteiger partial charge in [0.25, 0.3) is 0 Å². The van der Waals surface area contributed by atoms with Gasteiger partial charge in [-0.05, 0) is 48.4 Å². The number of amides is 1. The molecule has 7 heteroatoms. The van der Waals surface area contributed by atoms with Crippen LogP contribution in [0.2, 0.25) is 0 Å². The summed E-state index contributed by atoms with van der Waals surface area (Å²) >= 11 is 0. The second-order valence-corrected chi connectivity index (χ2v) is 7.80. The minimum absolute atomic E-state index is 0.387. The molecule has 0 unspecified atom stereocenters. The van der Waals surface area contributed by atoms with Crippen molar-refractivity contribution in [3.63, 3.8) is 0 Å². The number of carboxylic acid groups (broad SMARTS) is 1. The molecular formula is C23H23NO6. The van der Waals surface area contributed by atoms with Crippen LogP contribution >= 0.6 is 0 Å². The molecule has 0 aliphatic rings. The van der Waals surface area contributed by atoms with Gasteiger partial charge in [0.2, 0.25) is 6.79 Å². The van der Waals surface area contributed by atoms with E-state index in [4.69, 9.17) is 14.6 Å². The Morgan fingerprint density at radius 3 is 1.93 bits per heavy atom. The molecule has 0 aliphatic carbocycles. The van der Waals surface area contributed by atoms with Crippen LogP contribution in [0, 0.1) is 0 Å². The van der Waals surface area contributed by atoms with E-state index in [1.807, 2.05) is 54.6 Å². The van der Waals surface area contributed by atoms with Gasteiger partial charge in [-0.15, -0.1) is 0 Å². The van der Waals surface area contributed by atoms with Crippen molar-refractivity contribution in [3.8, 4) is 0 Å². The molecule has 1 N–H and O–H groups in total. The van der Waals surface area contributed by atoms with E-state index in [-0.39, 0.29) is 0 Å². The van der Waals surface area contributed by atoms with Gasteiger partial charge < -0.3 is 14.6 Å². The number of carboxylic acids is 1. The Kier molecular flexibility index (Phi) is 5.91. The topological polar surface area (TPSA) is 93.1 Å². The van der Waals surface area contributed by atoms with Crippen molar-refractivity contribution < 1.29 is 29.0 Å². The lowest BCUT2D eigenvalue weighted by Gasteiger charge is -2.33. The number of aliphatic carboxylic acids is 1. The average molecular weight is 409 g/mol. The first kappa shape index (κ1) is 21.1. The smallest absolute Gasteiger partial charge is 0.413 e. The van der Waals surface area contributed by atoms with Gasteiger partial charge in [0.15, 0.2) is 0 Å². The molecule has 0 saturated carbocycles. The molecule has 0 heterocycles. The van der Waals surface area contributed by atoms with Gasteiger partial charge in [0.1, 0.15) is 6.54 Å². The molecule has 156 valence electrons. The molecule has 0 aromatic heterocycles. The van der Waals surface area contributed by atoms with Crippen LogP contribution in [0.4, 0.5) is 4.79 Å². The van der Waals surface area contributed by atoms with Crippen LogP contribution < -0.4 is 0 Å². The quantitative estimate of drug-likeness (QED) is 0.381. The van der Waals surface area contributed by atoms with Crippen LogP contribution in [0.25, 0.3) is 21.5 Å². The Bertz CT molecular complexity index is 1060. The fourth-order valence-corrected chi connectivity index (χ4v) is 3.23. The van der Waals surface area contributed by atoms with Gasteiger partial charge in [-0.25, -0.2) is 9.59 Å². The fraction of sp³-hybridized carbons (Fsp3) is 0.261. The molecule has 3 aromatic rings. The lowest BCUT2D eigenvalue weighted by atomic mass is 9.97. The van der Waals surface area contributed by atoms with E-state index >= 15 is 0 Å². The molecule has 0 spiro atoms. The summed E-state index contributed by atoms with van der Waals surface area (Å²) in [6.07, 6.45) is -0.875. The number of hydrogen-bond donors (Lipinski definition) is 1. The van der Waals surface area contributed by atoms with Gasteiger partial charge in [-0.1, -0.05) is 48.5 Å². The number of carbonyl (C=O) groups excluding carboxylic acids is 2. The zero-order valence-corrected chi connectivity index (χ0v) is 17.0. The van der Waals surface area contributed by atoms with Crippen LogP contribution in [0.15, 0.2) is 54.6 Å². The third kappa shape index (κ3) is 4.51. The van der Waals surface area contributed by atoms with Crippen molar-refractivity contribution in [3.05, 3.63) is 60.2 Å². The summed E-state index contributed by atoms with van der Waals surface area (Å²) < 4.78 is 10.3. The maximum Gasteiger partial charge on any atom is 0.413 e. The van der Waals surface area contributed by atoms with E-state index in [9.17, 15) is 14.4 Å². The van der Waals surface area contributed by atoms with E-state index in [1.54, 1.807) is 20.8 Å². The minimum Gasteiger partial charge on any atom is -0.480 e. The Labute approximate surface area is 173 Å². The molecule has 1 amide bonds. The number of benzene rings is 3. The van der Waals surface area contributed by atoms with E-state index in [2.05, 4.69) is 0 Å². The highest BCUT2D eigenvalue weighted by Crippen LogP contribution is 2.29. The first-order chi connectivity index (χ1) is 14.2. The first-order valence-corrected chi connectivity index (χ1v) is 9.42. The molecule has 0 aliphatic heterocycles. The zero-order chi connectivity index (χ0) is 21.9. The number of ether oxygens (including phenoxy) is 2. The van der Waals surface area contributed by atoms with Crippen LogP contribution in [-0.4, -0.2) is 46.9 Å². The molecule has 7 nitrogen and oxygen atoms in total. The van der Waals surface area contributed by atoms with Crippen molar-refractivity contribution in [2.45, 2.75) is 26.3 Å². The first-order valence-electron chi connectivity index (χ1n) is 9.42. The predicted molar refractivity (Wildman–Crippen MR) is 112 cm³/mol. The Balaban J connectivity index is 1.80. The summed E-state index contributed by atoms with van der Waals surface area (Å²) in [5, 5.41) is 12.3. The van der Waals surface area contributed by atoms with Crippen LogP contribution in [0.3, 0.4) is 0 Å². The monoisotopic (exact) mass is 409 g/mol. The number of fused-ring (bicyclic) bond motifs is 2. The summed E-state index contributed by atoms with van der Waals surface area (Å²) in [5.74, 6) is -1.79. The molecule has 0 saturated heterocycles. The number of hydrogen-bond acceptors (Lipinski definition) is 5. The number of esters is 1. The number of rotatable bonds is 5. The third-order valence-electron chi connectivity index (χ3n) is 4.67. The predicted octanol–water partition coefficient (Wildman–Crippen LogP) is 4.43. The molecule has 0 fully saturated rings. The molecule has 0 atom stereocenters. The third-order valence-corrected chi connectivity index (χ3v) is 4.67. The second kappa shape index (κ2) is 8.41. The van der Waals surface area contributed by atoms with Gasteiger partial charge >= 0.3 is 18.0 Å². The summed E-state index contributed by atoms with van der Waals surface area (Å²) in [6.45, 7) is 3.91. The lowest BCUT2D eigenvalue weighted by Crippen LogP contribution is -2.48. The van der Waals surface area contributed by atoms with Crippen molar-refractivity contribution in [2.24, 2.45) is 0 Å². The molecule has 0 radical (unpaired) electrons.